The van der Waals surface area contributed by atoms with Crippen molar-refractivity contribution in [2.75, 3.05) is 7.11 Å². The van der Waals surface area contributed by atoms with Crippen LogP contribution in [-0.4, -0.2) is 12.9 Å². The van der Waals surface area contributed by atoms with Crippen molar-refractivity contribution in [3.05, 3.63) is 41.0 Å². The predicted octanol–water partition coefficient (Wildman–Crippen LogP) is 4.18. The predicted molar refractivity (Wildman–Crippen MR) is 80.1 cm³/mol. The summed E-state index contributed by atoms with van der Waals surface area (Å²) in [6, 6.07) is 6.56. The highest BCUT2D eigenvalue weighted by Gasteiger charge is 2.29. The number of aryl methyl sites for hydroxylation is 1. The molecule has 2 nitrogen and oxygen atoms in total. The summed E-state index contributed by atoms with van der Waals surface area (Å²) in [6.45, 7) is 2.11. The van der Waals surface area contributed by atoms with Gasteiger partial charge < -0.3 is 4.74 Å². The summed E-state index contributed by atoms with van der Waals surface area (Å²) in [5, 5.41) is 0. The Morgan fingerprint density at radius 1 is 1.15 bits per heavy atom. The number of carbonyl (C=O) groups is 1. The number of fused-ring (bicyclic) bond motifs is 1. The lowest BCUT2D eigenvalue weighted by atomic mass is 9.71. The first-order valence-corrected chi connectivity index (χ1v) is 7.55. The minimum Gasteiger partial charge on any atom is -0.496 e. The zero-order valence-electron chi connectivity index (χ0n) is 12.3. The van der Waals surface area contributed by atoms with E-state index >= 15 is 0 Å². The van der Waals surface area contributed by atoms with Crippen LogP contribution in [0.4, 0.5) is 0 Å². The van der Waals surface area contributed by atoms with E-state index in [2.05, 4.69) is 25.1 Å². The fourth-order valence-electron chi connectivity index (χ4n) is 3.70. The lowest BCUT2D eigenvalue weighted by Crippen LogP contribution is -2.22. The SMILES string of the molecule is COc1ccc([C@@H]2CCC3=CC(=O)CC[C@@H]3C2)cc1C. The van der Waals surface area contributed by atoms with E-state index in [0.717, 1.165) is 25.0 Å². The molecule has 0 radical (unpaired) electrons. The Balaban J connectivity index is 1.78. The van der Waals surface area contributed by atoms with Crippen LogP contribution in [0.5, 0.6) is 5.75 Å². The van der Waals surface area contributed by atoms with Crippen LogP contribution in [0, 0.1) is 12.8 Å². The lowest BCUT2D eigenvalue weighted by Gasteiger charge is -2.34. The fourth-order valence-corrected chi connectivity index (χ4v) is 3.70. The number of benzene rings is 1. The van der Waals surface area contributed by atoms with Gasteiger partial charge in [0.1, 0.15) is 5.75 Å². The van der Waals surface area contributed by atoms with Crippen molar-refractivity contribution in [1.82, 2.24) is 0 Å². The van der Waals surface area contributed by atoms with Gasteiger partial charge >= 0.3 is 0 Å². The molecule has 2 atom stereocenters. The first-order valence-electron chi connectivity index (χ1n) is 7.55. The van der Waals surface area contributed by atoms with E-state index in [9.17, 15) is 4.79 Å². The number of hydrogen-bond acceptors (Lipinski definition) is 2. The third-order valence-corrected chi connectivity index (χ3v) is 4.85. The molecular formula is C18H22O2. The maximum atomic E-state index is 11.5. The maximum Gasteiger partial charge on any atom is 0.155 e. The molecule has 1 aromatic rings. The minimum absolute atomic E-state index is 0.329. The fraction of sp³-hybridized carbons (Fsp3) is 0.500. The van der Waals surface area contributed by atoms with Gasteiger partial charge in [0.15, 0.2) is 5.78 Å². The summed E-state index contributed by atoms with van der Waals surface area (Å²) in [7, 11) is 1.72. The lowest BCUT2D eigenvalue weighted by molar-refractivity contribution is -0.115. The Morgan fingerprint density at radius 2 is 1.95 bits per heavy atom. The molecule has 2 aliphatic rings. The van der Waals surface area contributed by atoms with Gasteiger partial charge in [0.05, 0.1) is 7.11 Å². The number of carbonyl (C=O) groups excluding carboxylic acids is 1. The van der Waals surface area contributed by atoms with E-state index in [1.54, 1.807) is 7.11 Å². The highest BCUT2D eigenvalue weighted by molar-refractivity contribution is 5.91. The molecule has 1 fully saturated rings. The van der Waals surface area contributed by atoms with Crippen LogP contribution in [0.3, 0.4) is 0 Å². The minimum atomic E-state index is 0.329. The molecule has 0 spiro atoms. The zero-order chi connectivity index (χ0) is 14.1. The van der Waals surface area contributed by atoms with E-state index in [4.69, 9.17) is 4.74 Å². The standard InChI is InChI=1S/C18H22O2/c1-12-9-13(6-8-18(12)20-2)14-3-4-16-11-17(19)7-5-15(16)10-14/h6,8-9,11,14-15H,3-5,7,10H2,1-2H3/t14-,15-/m1/s1. The monoisotopic (exact) mass is 270 g/mol. The van der Waals surface area contributed by atoms with Gasteiger partial charge in [-0.2, -0.15) is 0 Å². The van der Waals surface area contributed by atoms with Crippen molar-refractivity contribution in [3.8, 4) is 5.75 Å². The summed E-state index contributed by atoms with van der Waals surface area (Å²) in [4.78, 5) is 11.5. The third kappa shape index (κ3) is 2.52. The van der Waals surface area contributed by atoms with Crippen LogP contribution in [0.1, 0.15) is 49.1 Å². The summed E-state index contributed by atoms with van der Waals surface area (Å²) in [5.41, 5.74) is 4.05. The number of allylic oxidation sites excluding steroid dienone is 2. The van der Waals surface area contributed by atoms with Crippen LogP contribution >= 0.6 is 0 Å². The van der Waals surface area contributed by atoms with E-state index in [1.165, 1.54) is 29.5 Å². The van der Waals surface area contributed by atoms with Crippen molar-refractivity contribution in [3.63, 3.8) is 0 Å². The molecule has 0 N–H and O–H groups in total. The smallest absolute Gasteiger partial charge is 0.155 e. The van der Waals surface area contributed by atoms with Gasteiger partial charge in [0.25, 0.3) is 0 Å². The first kappa shape index (κ1) is 13.4. The molecule has 0 aliphatic heterocycles. The van der Waals surface area contributed by atoms with Crippen molar-refractivity contribution < 1.29 is 9.53 Å². The molecule has 2 heteroatoms. The van der Waals surface area contributed by atoms with E-state index < -0.39 is 0 Å². The average molecular weight is 270 g/mol. The molecular weight excluding hydrogens is 248 g/mol. The summed E-state index contributed by atoms with van der Waals surface area (Å²) in [5.74, 6) is 2.56. The van der Waals surface area contributed by atoms with Crippen molar-refractivity contribution in [2.45, 2.75) is 44.9 Å². The molecule has 0 aromatic heterocycles. The molecule has 0 unspecified atom stereocenters. The van der Waals surface area contributed by atoms with Crippen LogP contribution in [0.25, 0.3) is 0 Å². The van der Waals surface area contributed by atoms with Gasteiger partial charge in [-0.1, -0.05) is 17.7 Å². The number of rotatable bonds is 2. The number of ether oxygens (including phenoxy) is 1. The van der Waals surface area contributed by atoms with Crippen LogP contribution in [0.15, 0.2) is 29.8 Å². The molecule has 0 saturated heterocycles. The zero-order valence-corrected chi connectivity index (χ0v) is 12.3. The number of methoxy groups -OCH3 is 1. The highest BCUT2D eigenvalue weighted by atomic mass is 16.5. The maximum absolute atomic E-state index is 11.5. The molecule has 0 heterocycles. The first-order chi connectivity index (χ1) is 9.67. The van der Waals surface area contributed by atoms with Crippen LogP contribution in [-0.2, 0) is 4.79 Å². The Labute approximate surface area is 120 Å². The van der Waals surface area contributed by atoms with Gasteiger partial charge in [-0.3, -0.25) is 4.79 Å². The second-order valence-corrected chi connectivity index (χ2v) is 6.12. The highest BCUT2D eigenvalue weighted by Crippen LogP contribution is 2.43. The summed E-state index contributed by atoms with van der Waals surface area (Å²) in [6.07, 6.45) is 7.17. The Bertz CT molecular complexity index is 557. The van der Waals surface area contributed by atoms with Gasteiger partial charge in [0.2, 0.25) is 0 Å². The molecule has 3 rings (SSSR count). The number of ketones is 1. The van der Waals surface area contributed by atoms with E-state index in [0.29, 0.717) is 17.6 Å². The van der Waals surface area contributed by atoms with Crippen molar-refractivity contribution in [2.24, 2.45) is 5.92 Å². The number of hydrogen-bond donors (Lipinski definition) is 0. The normalized spacial score (nSPS) is 25.9. The second-order valence-electron chi connectivity index (χ2n) is 6.12. The molecule has 0 amide bonds. The van der Waals surface area contributed by atoms with Gasteiger partial charge in [-0.05, 0) is 67.7 Å². The van der Waals surface area contributed by atoms with Gasteiger partial charge in [0, 0.05) is 6.42 Å². The van der Waals surface area contributed by atoms with Crippen molar-refractivity contribution in [1.29, 1.82) is 0 Å². The Hall–Kier alpha value is -1.57. The third-order valence-electron chi connectivity index (χ3n) is 4.85. The van der Waals surface area contributed by atoms with Crippen LogP contribution in [0.2, 0.25) is 0 Å². The van der Waals surface area contributed by atoms with Gasteiger partial charge in [-0.15, -0.1) is 0 Å². The van der Waals surface area contributed by atoms with E-state index in [-0.39, 0.29) is 0 Å². The molecule has 20 heavy (non-hydrogen) atoms. The quantitative estimate of drug-likeness (QED) is 0.806. The van der Waals surface area contributed by atoms with Gasteiger partial charge in [-0.25, -0.2) is 0 Å². The Kier molecular flexibility index (Phi) is 3.64. The van der Waals surface area contributed by atoms with Crippen molar-refractivity contribution >= 4 is 5.78 Å². The second kappa shape index (κ2) is 5.43. The van der Waals surface area contributed by atoms with Crippen LogP contribution < -0.4 is 4.74 Å². The topological polar surface area (TPSA) is 26.3 Å². The summed E-state index contributed by atoms with van der Waals surface area (Å²) >= 11 is 0. The summed E-state index contributed by atoms with van der Waals surface area (Å²) < 4.78 is 5.34. The largest absolute Gasteiger partial charge is 0.496 e. The average Bonchev–Trinajstić information content (AvgIpc) is 2.46. The molecule has 1 aromatic carbocycles. The Morgan fingerprint density at radius 3 is 2.70 bits per heavy atom. The molecule has 1 saturated carbocycles. The molecule has 0 bridgehead atoms. The molecule has 106 valence electrons. The molecule has 2 aliphatic carbocycles. The van der Waals surface area contributed by atoms with E-state index in [1.807, 2.05) is 6.08 Å².